The molecule has 0 bridgehead atoms. The first-order valence-electron chi connectivity index (χ1n) is 5.19. The van der Waals surface area contributed by atoms with E-state index in [0.717, 1.165) is 25.5 Å². The fraction of sp³-hybridized carbons (Fsp3) is 0. The predicted octanol–water partition coefficient (Wildman–Crippen LogP) is 3.53. The Morgan fingerprint density at radius 1 is 1.11 bits per heavy atom. The second-order valence-electron chi connectivity index (χ2n) is 3.83. The van der Waals surface area contributed by atoms with Gasteiger partial charge in [-0.05, 0) is 50.1 Å². The minimum Gasteiger partial charge on any atom is -0.398 e. The Bertz CT molecular complexity index is 736. The standard InChI is InChI=1S/C12H8Br2N4/c13-7-3-9-10(15)1-2-11(12(9)16-4-7)18-6-8(14)5-17-18/h1-6H,15H2. The van der Waals surface area contributed by atoms with Crippen molar-refractivity contribution in [2.75, 3.05) is 5.73 Å². The summed E-state index contributed by atoms with van der Waals surface area (Å²) in [6.45, 7) is 0. The van der Waals surface area contributed by atoms with Gasteiger partial charge in [-0.15, -0.1) is 0 Å². The van der Waals surface area contributed by atoms with Gasteiger partial charge in [-0.1, -0.05) is 0 Å². The fourth-order valence-electron chi connectivity index (χ4n) is 1.82. The first kappa shape index (κ1) is 11.7. The second kappa shape index (κ2) is 4.37. The molecule has 0 radical (unpaired) electrons. The molecule has 90 valence electrons. The van der Waals surface area contributed by atoms with Gasteiger partial charge in [0.1, 0.15) is 0 Å². The van der Waals surface area contributed by atoms with E-state index in [0.29, 0.717) is 5.69 Å². The molecule has 0 fully saturated rings. The molecule has 4 nitrogen and oxygen atoms in total. The molecule has 6 heteroatoms. The molecule has 3 aromatic rings. The maximum atomic E-state index is 5.98. The smallest absolute Gasteiger partial charge is 0.0980 e. The summed E-state index contributed by atoms with van der Waals surface area (Å²) in [6.07, 6.45) is 5.37. The van der Waals surface area contributed by atoms with E-state index >= 15 is 0 Å². The fourth-order valence-corrected chi connectivity index (χ4v) is 2.44. The molecule has 0 amide bonds. The van der Waals surface area contributed by atoms with Crippen LogP contribution >= 0.6 is 31.9 Å². The third-order valence-corrected chi connectivity index (χ3v) is 3.47. The topological polar surface area (TPSA) is 56.7 Å². The van der Waals surface area contributed by atoms with Gasteiger partial charge < -0.3 is 5.73 Å². The first-order valence-corrected chi connectivity index (χ1v) is 6.78. The monoisotopic (exact) mass is 366 g/mol. The molecule has 0 aliphatic rings. The zero-order valence-corrected chi connectivity index (χ0v) is 12.3. The van der Waals surface area contributed by atoms with Crippen molar-refractivity contribution in [1.29, 1.82) is 0 Å². The van der Waals surface area contributed by atoms with Gasteiger partial charge in [-0.25, -0.2) is 4.68 Å². The van der Waals surface area contributed by atoms with E-state index in [1.165, 1.54) is 0 Å². The Hall–Kier alpha value is -1.40. The van der Waals surface area contributed by atoms with Crippen LogP contribution in [0.2, 0.25) is 0 Å². The van der Waals surface area contributed by atoms with E-state index in [2.05, 4.69) is 41.9 Å². The number of anilines is 1. The molecule has 2 N–H and O–H groups in total. The summed E-state index contributed by atoms with van der Waals surface area (Å²) in [5.41, 5.74) is 8.41. The number of nitrogens with two attached hydrogens (primary N) is 1. The van der Waals surface area contributed by atoms with Gasteiger partial charge in [-0.3, -0.25) is 4.98 Å². The highest BCUT2D eigenvalue weighted by molar-refractivity contribution is 9.10. The van der Waals surface area contributed by atoms with Gasteiger partial charge >= 0.3 is 0 Å². The van der Waals surface area contributed by atoms with Crippen LogP contribution in [0.1, 0.15) is 0 Å². The molecule has 3 rings (SSSR count). The van der Waals surface area contributed by atoms with Gasteiger partial charge in [0.25, 0.3) is 0 Å². The summed E-state index contributed by atoms with van der Waals surface area (Å²) in [4.78, 5) is 4.42. The Kier molecular flexibility index (Phi) is 2.83. The quantitative estimate of drug-likeness (QED) is 0.669. The molecule has 1 aromatic carbocycles. The molecule has 2 heterocycles. The maximum absolute atomic E-state index is 5.98. The van der Waals surface area contributed by atoms with Crippen LogP contribution < -0.4 is 5.73 Å². The molecule has 0 aliphatic heterocycles. The molecule has 0 saturated heterocycles. The Balaban J connectivity index is 2.34. The summed E-state index contributed by atoms with van der Waals surface area (Å²) in [5.74, 6) is 0. The number of halogens is 2. The number of aromatic nitrogens is 3. The second-order valence-corrected chi connectivity index (χ2v) is 5.66. The minimum atomic E-state index is 0.703. The van der Waals surface area contributed by atoms with Crippen LogP contribution in [0.25, 0.3) is 16.6 Å². The highest BCUT2D eigenvalue weighted by Crippen LogP contribution is 2.28. The number of benzene rings is 1. The van der Waals surface area contributed by atoms with Crippen molar-refractivity contribution in [3.8, 4) is 5.69 Å². The van der Waals surface area contributed by atoms with Crippen LogP contribution in [0.4, 0.5) is 5.69 Å². The largest absolute Gasteiger partial charge is 0.398 e. The third-order valence-electron chi connectivity index (χ3n) is 2.63. The summed E-state index contributed by atoms with van der Waals surface area (Å²) in [5, 5.41) is 5.18. The third kappa shape index (κ3) is 1.91. The van der Waals surface area contributed by atoms with Gasteiger partial charge in [0.05, 0.1) is 21.9 Å². The van der Waals surface area contributed by atoms with Crippen molar-refractivity contribution in [1.82, 2.24) is 14.8 Å². The predicted molar refractivity (Wildman–Crippen MR) is 78.7 cm³/mol. The number of hydrogen-bond donors (Lipinski definition) is 1. The van der Waals surface area contributed by atoms with Crippen LogP contribution in [0.3, 0.4) is 0 Å². The maximum Gasteiger partial charge on any atom is 0.0980 e. The number of pyridine rings is 1. The average molecular weight is 368 g/mol. The Morgan fingerprint density at radius 2 is 1.94 bits per heavy atom. The van der Waals surface area contributed by atoms with E-state index in [9.17, 15) is 0 Å². The lowest BCUT2D eigenvalue weighted by atomic mass is 10.1. The van der Waals surface area contributed by atoms with Crippen LogP contribution in [0.15, 0.2) is 45.7 Å². The number of nitrogen functional groups attached to an aromatic ring is 1. The van der Waals surface area contributed by atoms with Crippen molar-refractivity contribution < 1.29 is 0 Å². The van der Waals surface area contributed by atoms with Crippen molar-refractivity contribution >= 4 is 48.5 Å². The van der Waals surface area contributed by atoms with E-state index in [4.69, 9.17) is 5.73 Å². The van der Waals surface area contributed by atoms with Gasteiger partial charge in [0, 0.05) is 27.9 Å². The molecule has 0 spiro atoms. The molecular weight excluding hydrogens is 360 g/mol. The van der Waals surface area contributed by atoms with E-state index in [1.807, 2.05) is 24.4 Å². The minimum absolute atomic E-state index is 0.703. The number of fused-ring (bicyclic) bond motifs is 1. The lowest BCUT2D eigenvalue weighted by molar-refractivity contribution is 0.885. The molecule has 0 aliphatic carbocycles. The highest BCUT2D eigenvalue weighted by atomic mass is 79.9. The van der Waals surface area contributed by atoms with E-state index < -0.39 is 0 Å². The Labute approximate surface area is 120 Å². The summed E-state index contributed by atoms with van der Waals surface area (Å²) < 4.78 is 3.59. The van der Waals surface area contributed by atoms with Gasteiger partial charge in [0.2, 0.25) is 0 Å². The van der Waals surface area contributed by atoms with Gasteiger partial charge in [0.15, 0.2) is 0 Å². The molecule has 0 unspecified atom stereocenters. The molecule has 0 atom stereocenters. The Morgan fingerprint density at radius 3 is 2.67 bits per heavy atom. The van der Waals surface area contributed by atoms with Crippen LogP contribution in [0.5, 0.6) is 0 Å². The molecule has 2 aromatic heterocycles. The molecular formula is C12H8Br2N4. The summed E-state index contributed by atoms with van der Waals surface area (Å²) >= 11 is 6.79. The SMILES string of the molecule is Nc1ccc(-n2cc(Br)cn2)c2ncc(Br)cc12. The normalized spacial score (nSPS) is 11.0. The van der Waals surface area contributed by atoms with E-state index in [1.54, 1.807) is 17.1 Å². The number of rotatable bonds is 1. The summed E-state index contributed by atoms with van der Waals surface area (Å²) in [7, 11) is 0. The zero-order chi connectivity index (χ0) is 12.7. The zero-order valence-electron chi connectivity index (χ0n) is 9.14. The average Bonchev–Trinajstić information content (AvgIpc) is 2.77. The van der Waals surface area contributed by atoms with Crippen molar-refractivity contribution in [3.05, 3.63) is 45.7 Å². The molecule has 0 saturated carbocycles. The number of nitrogens with zero attached hydrogens (tertiary/aromatic N) is 3. The van der Waals surface area contributed by atoms with Crippen molar-refractivity contribution in [3.63, 3.8) is 0 Å². The highest BCUT2D eigenvalue weighted by Gasteiger charge is 2.08. The number of hydrogen-bond acceptors (Lipinski definition) is 3. The summed E-state index contributed by atoms with van der Waals surface area (Å²) in [6, 6.07) is 5.74. The van der Waals surface area contributed by atoms with E-state index in [-0.39, 0.29) is 0 Å². The lowest BCUT2D eigenvalue weighted by Crippen LogP contribution is -1.99. The van der Waals surface area contributed by atoms with Crippen molar-refractivity contribution in [2.45, 2.75) is 0 Å². The van der Waals surface area contributed by atoms with Crippen molar-refractivity contribution in [2.24, 2.45) is 0 Å². The van der Waals surface area contributed by atoms with Crippen LogP contribution in [-0.2, 0) is 0 Å². The van der Waals surface area contributed by atoms with Crippen LogP contribution in [0, 0.1) is 0 Å². The van der Waals surface area contributed by atoms with Crippen LogP contribution in [-0.4, -0.2) is 14.8 Å². The lowest BCUT2D eigenvalue weighted by Gasteiger charge is -2.08. The first-order chi connectivity index (χ1) is 8.65. The van der Waals surface area contributed by atoms with Gasteiger partial charge in [-0.2, -0.15) is 5.10 Å². The molecule has 18 heavy (non-hydrogen) atoms.